The summed E-state index contributed by atoms with van der Waals surface area (Å²) in [5, 5.41) is 10.9. The van der Waals surface area contributed by atoms with E-state index in [1.165, 1.54) is 36.0 Å². The van der Waals surface area contributed by atoms with Gasteiger partial charge in [0, 0.05) is 0 Å². The Kier molecular flexibility index (Phi) is 3.39. The van der Waals surface area contributed by atoms with Gasteiger partial charge in [0.05, 0.1) is 0 Å². The zero-order chi connectivity index (χ0) is 14.2. The smallest absolute Gasteiger partial charge is 0.112 e. The fourth-order valence-corrected chi connectivity index (χ4v) is 3.08. The van der Waals surface area contributed by atoms with Crippen molar-refractivity contribution in [3.05, 3.63) is 70.3 Å². The molecular formula is C19H22O. The Balaban J connectivity index is 2.00. The first-order valence-corrected chi connectivity index (χ1v) is 7.49. The predicted molar refractivity (Wildman–Crippen MR) is 82.9 cm³/mol. The summed E-state index contributed by atoms with van der Waals surface area (Å²) < 4.78 is 0. The van der Waals surface area contributed by atoms with E-state index in [0.717, 1.165) is 17.5 Å². The summed E-state index contributed by atoms with van der Waals surface area (Å²) in [5.74, 6) is 0. The first-order valence-electron chi connectivity index (χ1n) is 7.49. The van der Waals surface area contributed by atoms with Crippen LogP contribution in [0.25, 0.3) is 0 Å². The lowest BCUT2D eigenvalue weighted by atomic mass is 9.83. The zero-order valence-corrected chi connectivity index (χ0v) is 12.3. The van der Waals surface area contributed by atoms with Gasteiger partial charge < -0.3 is 5.11 Å². The van der Waals surface area contributed by atoms with E-state index in [0.29, 0.717) is 0 Å². The zero-order valence-electron chi connectivity index (χ0n) is 12.3. The van der Waals surface area contributed by atoms with E-state index >= 15 is 0 Å². The quantitative estimate of drug-likeness (QED) is 0.866. The van der Waals surface area contributed by atoms with Crippen molar-refractivity contribution in [3.63, 3.8) is 0 Å². The molecule has 20 heavy (non-hydrogen) atoms. The molecule has 0 saturated heterocycles. The molecule has 0 aromatic heterocycles. The van der Waals surface area contributed by atoms with Crippen molar-refractivity contribution in [1.29, 1.82) is 0 Å². The number of hydrogen-bond acceptors (Lipinski definition) is 1. The topological polar surface area (TPSA) is 20.2 Å². The van der Waals surface area contributed by atoms with Crippen LogP contribution in [-0.4, -0.2) is 5.11 Å². The minimum Gasteiger partial charge on any atom is -0.381 e. The van der Waals surface area contributed by atoms with Crippen LogP contribution in [0.4, 0.5) is 0 Å². The highest BCUT2D eigenvalue weighted by molar-refractivity contribution is 5.41. The minimum atomic E-state index is -0.916. The van der Waals surface area contributed by atoms with Crippen LogP contribution >= 0.6 is 0 Å². The summed E-state index contributed by atoms with van der Waals surface area (Å²) in [6.45, 7) is 3.96. The van der Waals surface area contributed by atoms with Gasteiger partial charge in [0.2, 0.25) is 0 Å². The van der Waals surface area contributed by atoms with Crippen molar-refractivity contribution >= 4 is 0 Å². The molecule has 104 valence electrons. The number of fused-ring (bicyclic) bond motifs is 1. The van der Waals surface area contributed by atoms with E-state index in [1.54, 1.807) is 0 Å². The lowest BCUT2D eigenvalue weighted by molar-refractivity contribution is 0.102. The molecule has 1 aliphatic rings. The normalized spacial score (nSPS) is 17.4. The Morgan fingerprint density at radius 1 is 0.850 bits per heavy atom. The molecule has 3 rings (SSSR count). The van der Waals surface area contributed by atoms with Crippen LogP contribution in [0.2, 0.25) is 0 Å². The molecule has 0 aliphatic heterocycles. The fraction of sp³-hybridized carbons (Fsp3) is 0.368. The predicted octanol–water partition coefficient (Wildman–Crippen LogP) is 4.13. The second kappa shape index (κ2) is 5.06. The standard InChI is InChI=1S/C19H22O/c1-14-7-10-17(11-8-14)19(2,20)18-12-9-15-5-3-4-6-16(15)13-18/h7-13,20H,3-6H2,1-2H3. The second-order valence-corrected chi connectivity index (χ2v) is 6.13. The summed E-state index contributed by atoms with van der Waals surface area (Å²) in [4.78, 5) is 0. The first kappa shape index (κ1) is 13.4. The van der Waals surface area contributed by atoms with Crippen LogP contribution < -0.4 is 0 Å². The number of aryl methyl sites for hydroxylation is 3. The monoisotopic (exact) mass is 266 g/mol. The maximum Gasteiger partial charge on any atom is 0.112 e. The van der Waals surface area contributed by atoms with Crippen molar-refractivity contribution in [2.75, 3.05) is 0 Å². The number of aliphatic hydroxyl groups is 1. The van der Waals surface area contributed by atoms with Crippen molar-refractivity contribution in [1.82, 2.24) is 0 Å². The first-order chi connectivity index (χ1) is 9.57. The Morgan fingerprint density at radius 3 is 2.15 bits per heavy atom. The van der Waals surface area contributed by atoms with Gasteiger partial charge in [-0.3, -0.25) is 0 Å². The van der Waals surface area contributed by atoms with Gasteiger partial charge in [-0.15, -0.1) is 0 Å². The SMILES string of the molecule is Cc1ccc(C(C)(O)c2ccc3c(c2)CCCC3)cc1. The second-order valence-electron chi connectivity index (χ2n) is 6.13. The van der Waals surface area contributed by atoms with Crippen LogP contribution in [0.15, 0.2) is 42.5 Å². The highest BCUT2D eigenvalue weighted by atomic mass is 16.3. The number of rotatable bonds is 2. The average Bonchev–Trinajstić information content (AvgIpc) is 2.47. The molecule has 0 spiro atoms. The van der Waals surface area contributed by atoms with Crippen LogP contribution in [0.5, 0.6) is 0 Å². The van der Waals surface area contributed by atoms with E-state index in [1.807, 2.05) is 19.1 Å². The molecule has 0 bridgehead atoms. The van der Waals surface area contributed by atoms with Gasteiger partial charge in [0.25, 0.3) is 0 Å². The summed E-state index contributed by atoms with van der Waals surface area (Å²) in [6, 6.07) is 14.7. The largest absolute Gasteiger partial charge is 0.381 e. The Hall–Kier alpha value is -1.60. The fourth-order valence-electron chi connectivity index (χ4n) is 3.08. The third-order valence-corrected chi connectivity index (χ3v) is 4.52. The Bertz CT molecular complexity index is 608. The summed E-state index contributed by atoms with van der Waals surface area (Å²) in [6.07, 6.45) is 4.89. The maximum atomic E-state index is 10.9. The average molecular weight is 266 g/mol. The molecular weight excluding hydrogens is 244 g/mol. The van der Waals surface area contributed by atoms with Crippen LogP contribution in [0.1, 0.15) is 47.6 Å². The molecule has 0 saturated carbocycles. The molecule has 1 unspecified atom stereocenters. The van der Waals surface area contributed by atoms with Gasteiger partial charge in [0.15, 0.2) is 0 Å². The molecule has 0 radical (unpaired) electrons. The van der Waals surface area contributed by atoms with E-state index in [9.17, 15) is 5.11 Å². The van der Waals surface area contributed by atoms with Gasteiger partial charge in [0.1, 0.15) is 5.60 Å². The van der Waals surface area contributed by atoms with Crippen molar-refractivity contribution < 1.29 is 5.11 Å². The van der Waals surface area contributed by atoms with Crippen LogP contribution in [-0.2, 0) is 18.4 Å². The summed E-state index contributed by atoms with van der Waals surface area (Å²) >= 11 is 0. The molecule has 2 aromatic carbocycles. The Labute approximate surface area is 121 Å². The lowest BCUT2D eigenvalue weighted by Crippen LogP contribution is -2.23. The summed E-state index contributed by atoms with van der Waals surface area (Å²) in [7, 11) is 0. The van der Waals surface area contributed by atoms with E-state index in [4.69, 9.17) is 0 Å². The molecule has 1 N–H and O–H groups in total. The van der Waals surface area contributed by atoms with Gasteiger partial charge >= 0.3 is 0 Å². The maximum absolute atomic E-state index is 10.9. The Morgan fingerprint density at radius 2 is 1.45 bits per heavy atom. The molecule has 0 heterocycles. The molecule has 1 nitrogen and oxygen atoms in total. The van der Waals surface area contributed by atoms with Crippen molar-refractivity contribution in [2.45, 2.75) is 45.1 Å². The summed E-state index contributed by atoms with van der Waals surface area (Å²) in [5.41, 5.74) is 5.14. The highest BCUT2D eigenvalue weighted by Crippen LogP contribution is 2.32. The number of benzene rings is 2. The van der Waals surface area contributed by atoms with Crippen LogP contribution in [0.3, 0.4) is 0 Å². The molecule has 0 amide bonds. The van der Waals surface area contributed by atoms with E-state index in [2.05, 4.69) is 37.3 Å². The van der Waals surface area contributed by atoms with E-state index < -0.39 is 5.60 Å². The van der Waals surface area contributed by atoms with Gasteiger partial charge in [-0.2, -0.15) is 0 Å². The van der Waals surface area contributed by atoms with Gasteiger partial charge in [-0.1, -0.05) is 48.0 Å². The van der Waals surface area contributed by atoms with Crippen molar-refractivity contribution in [3.8, 4) is 0 Å². The minimum absolute atomic E-state index is 0.916. The molecule has 1 atom stereocenters. The molecule has 2 aromatic rings. The van der Waals surface area contributed by atoms with Crippen molar-refractivity contribution in [2.24, 2.45) is 0 Å². The molecule has 1 heteroatoms. The highest BCUT2D eigenvalue weighted by Gasteiger charge is 2.26. The molecule has 1 aliphatic carbocycles. The lowest BCUT2D eigenvalue weighted by Gasteiger charge is -2.27. The third-order valence-electron chi connectivity index (χ3n) is 4.52. The third kappa shape index (κ3) is 2.38. The van der Waals surface area contributed by atoms with Crippen LogP contribution in [0, 0.1) is 6.92 Å². The number of hydrogen-bond donors (Lipinski definition) is 1. The molecule has 0 fully saturated rings. The van der Waals surface area contributed by atoms with E-state index in [-0.39, 0.29) is 0 Å². The van der Waals surface area contributed by atoms with Gasteiger partial charge in [-0.25, -0.2) is 0 Å². The van der Waals surface area contributed by atoms with Gasteiger partial charge in [-0.05, 0) is 61.8 Å².